The number of benzene rings is 3. The Morgan fingerprint density at radius 2 is 1.76 bits per heavy atom. The first-order valence-electron chi connectivity index (χ1n) is 16.4. The highest BCUT2D eigenvalue weighted by molar-refractivity contribution is 7.92. The Bertz CT molecular complexity index is 2380. The van der Waals surface area contributed by atoms with Gasteiger partial charge in [-0.2, -0.15) is 8.42 Å². The van der Waals surface area contributed by atoms with Crippen LogP contribution in [0.2, 0.25) is 0 Å². The number of aromatic nitrogens is 2. The van der Waals surface area contributed by atoms with Crippen LogP contribution in [-0.2, 0) is 36.4 Å². The second-order valence-electron chi connectivity index (χ2n) is 13.4. The van der Waals surface area contributed by atoms with Crippen LogP contribution in [0.1, 0.15) is 31.7 Å². The summed E-state index contributed by atoms with van der Waals surface area (Å²) in [5.74, 6) is -3.67. The van der Waals surface area contributed by atoms with Gasteiger partial charge in [0.15, 0.2) is 5.82 Å². The van der Waals surface area contributed by atoms with E-state index in [2.05, 4.69) is 20.4 Å². The number of nitrogens with zero attached hydrogens (tertiary/aromatic N) is 5. The molecule has 4 N–H and O–H groups in total. The lowest BCUT2D eigenvalue weighted by molar-refractivity contribution is -0.135. The number of imide groups is 1. The fraction of sp³-hybridized carbons (Fsp3) is 0.364. The summed E-state index contributed by atoms with van der Waals surface area (Å²) in [6.07, 6.45) is 2.23. The van der Waals surface area contributed by atoms with Crippen LogP contribution in [0.15, 0.2) is 47.3 Å². The van der Waals surface area contributed by atoms with E-state index in [9.17, 15) is 37.5 Å². The number of carbonyl (C=O) groups is 4. The molecule has 2 bridgehead atoms. The number of fused-ring (bicyclic) bond motifs is 5. The molecular formula is C33H33FN8O8S. The third-order valence-corrected chi connectivity index (χ3v) is 11.7. The third-order valence-electron chi connectivity index (χ3n) is 10.3. The minimum Gasteiger partial charge on any atom is -0.506 e. The number of piperazine rings is 1. The largest absolute Gasteiger partial charge is 0.506 e. The number of phenols is 1. The van der Waals surface area contributed by atoms with Crippen molar-refractivity contribution in [2.75, 3.05) is 40.7 Å². The molecule has 9 rings (SSSR count). The molecule has 4 amide bonds. The minimum atomic E-state index is -4.35. The number of aromatic hydroxyl groups is 1. The summed E-state index contributed by atoms with van der Waals surface area (Å²) in [5, 5.41) is 15.9. The second-order valence-corrected chi connectivity index (χ2v) is 15.0. The van der Waals surface area contributed by atoms with Gasteiger partial charge < -0.3 is 15.3 Å². The molecule has 5 aliphatic rings. The molecule has 5 fully saturated rings. The van der Waals surface area contributed by atoms with Crippen molar-refractivity contribution in [1.82, 2.24) is 24.1 Å². The molecule has 3 aromatic carbocycles. The number of amides is 4. The highest BCUT2D eigenvalue weighted by Crippen LogP contribution is 2.39. The zero-order chi connectivity index (χ0) is 35.9. The topological polar surface area (TPSA) is 195 Å². The quantitative estimate of drug-likeness (QED) is 0.207. The molecular weight excluding hydrogens is 687 g/mol. The van der Waals surface area contributed by atoms with Crippen molar-refractivity contribution in [3.05, 3.63) is 58.8 Å². The number of carbonyl (C=O) groups excluding carboxylic acids is 4. The van der Waals surface area contributed by atoms with Crippen LogP contribution in [0.25, 0.3) is 21.8 Å². The van der Waals surface area contributed by atoms with Gasteiger partial charge >= 0.3 is 15.9 Å². The summed E-state index contributed by atoms with van der Waals surface area (Å²) in [6.45, 7) is 0.736. The minimum absolute atomic E-state index is 0.00502. The fourth-order valence-corrected chi connectivity index (χ4v) is 9.03. The summed E-state index contributed by atoms with van der Waals surface area (Å²) >= 11 is 0. The van der Waals surface area contributed by atoms with Gasteiger partial charge in [-0.1, -0.05) is 0 Å². The van der Waals surface area contributed by atoms with Gasteiger partial charge in [-0.25, -0.2) is 18.2 Å². The average molecular weight is 721 g/mol. The van der Waals surface area contributed by atoms with E-state index >= 15 is 4.39 Å². The van der Waals surface area contributed by atoms with Crippen molar-refractivity contribution >= 4 is 72.7 Å². The smallest absolute Gasteiger partial charge is 0.329 e. The second kappa shape index (κ2) is 11.8. The van der Waals surface area contributed by atoms with Crippen molar-refractivity contribution in [1.29, 1.82) is 0 Å². The fourth-order valence-electron chi connectivity index (χ4n) is 7.87. The van der Waals surface area contributed by atoms with Crippen molar-refractivity contribution in [2.45, 2.75) is 43.8 Å². The summed E-state index contributed by atoms with van der Waals surface area (Å²) in [7, 11) is -2.69. The molecule has 5 aliphatic heterocycles. The molecule has 6 heterocycles. The van der Waals surface area contributed by atoms with Crippen molar-refractivity contribution in [2.24, 2.45) is 7.05 Å². The summed E-state index contributed by atoms with van der Waals surface area (Å²) < 4.78 is 45.2. The summed E-state index contributed by atoms with van der Waals surface area (Å²) in [5.41, 5.74) is 1.60. The molecule has 0 radical (unpaired) electrons. The number of phenolic OH excluding ortho intramolecular Hbond substituents is 1. The standard InChI is InChI=1S/C33H33FN8O8S/c1-38-25-12-19(5-7-23(25)42(33(38)48)24-8-9-27(44)36-32(24)47)40-14-20-3-4-21(40)13-39(20)15-28(45)35-18-2-6-22-17(10-18)11-26(43)31(30(22)34)41-16-29(46)37-51(41,49)50/h2,5-7,10-12,20-21,24,43H,3-4,8-9,13-16H2,1H3,(H,35,45)(H,37,46)(H,36,44,47). The number of hydrogen-bond donors (Lipinski definition) is 4. The zero-order valence-corrected chi connectivity index (χ0v) is 28.1. The Kier molecular flexibility index (Phi) is 7.56. The number of imidazole rings is 1. The SMILES string of the molecule is Cn1c(=O)n(C2CCC(=O)NC2=O)c2ccc(N3CC4CCC3CN4CC(=O)Nc3ccc4c(F)c(N5CC(=O)NS5(=O)=O)c(O)cc4c3)cc21. The van der Waals surface area contributed by atoms with Crippen molar-refractivity contribution < 1.29 is 37.1 Å². The van der Waals surface area contributed by atoms with Crippen LogP contribution < -0.4 is 30.3 Å². The molecule has 266 valence electrons. The van der Waals surface area contributed by atoms with Gasteiger partial charge in [0.2, 0.25) is 17.7 Å². The molecule has 5 saturated heterocycles. The molecule has 3 atom stereocenters. The van der Waals surface area contributed by atoms with Gasteiger partial charge in [0.1, 0.15) is 24.0 Å². The first kappa shape index (κ1) is 32.7. The monoisotopic (exact) mass is 720 g/mol. The molecule has 1 aromatic heterocycles. The molecule has 0 saturated carbocycles. The van der Waals surface area contributed by atoms with Gasteiger partial charge in [0, 0.05) is 55.4 Å². The number of hydrogen-bond acceptors (Lipinski definition) is 10. The maximum Gasteiger partial charge on any atom is 0.329 e. The first-order valence-corrected chi connectivity index (χ1v) is 17.9. The number of nitrogens with one attached hydrogen (secondary N) is 3. The molecule has 0 aliphatic carbocycles. The van der Waals surface area contributed by atoms with Crippen LogP contribution >= 0.6 is 0 Å². The maximum absolute atomic E-state index is 15.5. The first-order chi connectivity index (χ1) is 24.3. The average Bonchev–Trinajstić information content (AvgIpc) is 3.49. The predicted molar refractivity (Wildman–Crippen MR) is 183 cm³/mol. The predicted octanol–water partition coefficient (Wildman–Crippen LogP) is 0.788. The van der Waals surface area contributed by atoms with Crippen LogP contribution in [0.3, 0.4) is 0 Å². The van der Waals surface area contributed by atoms with Gasteiger partial charge in [0.25, 0.3) is 5.91 Å². The van der Waals surface area contributed by atoms with E-state index in [4.69, 9.17) is 0 Å². The lowest BCUT2D eigenvalue weighted by atomic mass is 9.90. The van der Waals surface area contributed by atoms with E-state index < -0.39 is 51.9 Å². The highest BCUT2D eigenvalue weighted by Gasteiger charge is 2.41. The van der Waals surface area contributed by atoms with Gasteiger partial charge in [-0.3, -0.25) is 38.5 Å². The molecule has 0 spiro atoms. The Balaban J connectivity index is 0.957. The van der Waals surface area contributed by atoms with Crippen LogP contribution in [0.4, 0.5) is 21.5 Å². The summed E-state index contributed by atoms with van der Waals surface area (Å²) in [4.78, 5) is 66.8. The van der Waals surface area contributed by atoms with Crippen LogP contribution in [-0.4, -0.2) is 89.4 Å². The Labute approximate surface area is 289 Å². The van der Waals surface area contributed by atoms with Gasteiger partial charge in [-0.15, -0.1) is 0 Å². The summed E-state index contributed by atoms with van der Waals surface area (Å²) in [6, 6.07) is 10.6. The molecule has 4 aromatic rings. The molecule has 16 nitrogen and oxygen atoms in total. The van der Waals surface area contributed by atoms with E-state index in [1.54, 1.807) is 11.8 Å². The number of halogens is 1. The van der Waals surface area contributed by atoms with E-state index in [-0.39, 0.29) is 59.7 Å². The Hall–Kier alpha value is -5.49. The number of piperidine rings is 3. The Morgan fingerprint density at radius 3 is 2.47 bits per heavy atom. The normalized spacial score (nSPS) is 23.3. The molecule has 51 heavy (non-hydrogen) atoms. The lowest BCUT2D eigenvalue weighted by Crippen LogP contribution is -2.63. The van der Waals surface area contributed by atoms with E-state index in [1.165, 1.54) is 33.4 Å². The van der Waals surface area contributed by atoms with E-state index in [0.717, 1.165) is 18.5 Å². The highest BCUT2D eigenvalue weighted by atomic mass is 32.2. The van der Waals surface area contributed by atoms with Crippen LogP contribution in [0.5, 0.6) is 5.75 Å². The van der Waals surface area contributed by atoms with Gasteiger partial charge in [0.05, 0.1) is 17.6 Å². The lowest BCUT2D eigenvalue weighted by Gasteiger charge is -2.52. The zero-order valence-electron chi connectivity index (χ0n) is 27.3. The van der Waals surface area contributed by atoms with Crippen LogP contribution in [0, 0.1) is 5.82 Å². The molecule has 3 unspecified atom stereocenters. The molecule has 18 heteroatoms. The van der Waals surface area contributed by atoms with E-state index in [0.29, 0.717) is 34.1 Å². The number of aryl methyl sites for hydroxylation is 1. The van der Waals surface area contributed by atoms with E-state index in [1.807, 2.05) is 18.2 Å². The third kappa shape index (κ3) is 5.45. The van der Waals surface area contributed by atoms with Gasteiger partial charge in [-0.05, 0) is 67.1 Å². The number of rotatable bonds is 6. The number of anilines is 3. The maximum atomic E-state index is 15.5. The Morgan fingerprint density at radius 1 is 0.980 bits per heavy atom. The van der Waals surface area contributed by atoms with Crippen molar-refractivity contribution in [3.63, 3.8) is 0 Å². The van der Waals surface area contributed by atoms with Crippen molar-refractivity contribution in [3.8, 4) is 5.75 Å².